The Labute approximate surface area is 61.2 Å². The van der Waals surface area contributed by atoms with Crippen LogP contribution in [0.5, 0.6) is 0 Å². The lowest BCUT2D eigenvalue weighted by atomic mass is 9.91. The maximum Gasteiger partial charge on any atom is 0.0416 e. The first kappa shape index (κ1) is 5.90. The van der Waals surface area contributed by atoms with Crippen molar-refractivity contribution in [2.75, 3.05) is 6.54 Å². The van der Waals surface area contributed by atoms with E-state index in [1.54, 1.807) is 0 Å². The van der Waals surface area contributed by atoms with E-state index in [1.165, 1.54) is 18.6 Å². The highest BCUT2D eigenvalue weighted by Gasteiger charge is 2.14. The van der Waals surface area contributed by atoms with Gasteiger partial charge >= 0.3 is 0 Å². The van der Waals surface area contributed by atoms with Crippen molar-refractivity contribution in [1.82, 2.24) is 0 Å². The number of aliphatic imine (C=N–C) groups is 1. The molecule has 10 heavy (non-hydrogen) atoms. The maximum absolute atomic E-state index is 4.43. The van der Waals surface area contributed by atoms with E-state index in [-0.39, 0.29) is 0 Å². The Kier molecular flexibility index (Phi) is 1.42. The number of rotatable bonds is 0. The first-order chi connectivity index (χ1) is 4.97. The minimum atomic E-state index is 0.638. The summed E-state index contributed by atoms with van der Waals surface area (Å²) < 4.78 is 0. The molecule has 0 N–H and O–H groups in total. The molecule has 0 amide bonds. The van der Waals surface area contributed by atoms with Crippen LogP contribution in [0.3, 0.4) is 0 Å². The van der Waals surface area contributed by atoms with E-state index in [0.29, 0.717) is 5.92 Å². The van der Waals surface area contributed by atoms with E-state index in [1.807, 2.05) is 0 Å². The van der Waals surface area contributed by atoms with Gasteiger partial charge in [-0.15, -0.1) is 0 Å². The summed E-state index contributed by atoms with van der Waals surface area (Å²) in [5.41, 5.74) is 1.29. The Morgan fingerprint density at radius 1 is 1.40 bits per heavy atom. The lowest BCUT2D eigenvalue weighted by molar-refractivity contribution is 0.652. The SMILES string of the molecule is C1=CC2=NCCCC2C=C1. The van der Waals surface area contributed by atoms with Crippen LogP contribution < -0.4 is 0 Å². The second-order valence-corrected chi connectivity index (χ2v) is 2.80. The molecule has 1 aliphatic carbocycles. The highest BCUT2D eigenvalue weighted by atomic mass is 14.7. The summed E-state index contributed by atoms with van der Waals surface area (Å²) in [4.78, 5) is 4.43. The molecule has 0 spiro atoms. The predicted octanol–water partition coefficient (Wildman–Crippen LogP) is 1.96. The molecule has 2 rings (SSSR count). The zero-order valence-corrected chi connectivity index (χ0v) is 5.96. The molecular weight excluding hydrogens is 122 g/mol. The van der Waals surface area contributed by atoms with Gasteiger partial charge in [0.15, 0.2) is 0 Å². The molecule has 52 valence electrons. The Bertz CT molecular complexity index is 211. The van der Waals surface area contributed by atoms with Gasteiger partial charge in [-0.05, 0) is 18.9 Å². The fourth-order valence-electron chi connectivity index (χ4n) is 1.51. The molecule has 0 aromatic carbocycles. The van der Waals surface area contributed by atoms with Crippen LogP contribution in [0, 0.1) is 5.92 Å². The normalized spacial score (nSPS) is 29.6. The molecule has 1 aliphatic heterocycles. The van der Waals surface area contributed by atoms with Crippen LogP contribution in [0.4, 0.5) is 0 Å². The largest absolute Gasteiger partial charge is 0.289 e. The quantitative estimate of drug-likeness (QED) is 0.479. The van der Waals surface area contributed by atoms with Crippen LogP contribution >= 0.6 is 0 Å². The van der Waals surface area contributed by atoms with E-state index in [4.69, 9.17) is 0 Å². The summed E-state index contributed by atoms with van der Waals surface area (Å²) in [6.45, 7) is 1.03. The van der Waals surface area contributed by atoms with E-state index in [9.17, 15) is 0 Å². The standard InChI is InChI=1S/C9H11N/c1-2-6-9-8(4-1)5-3-7-10-9/h1-2,4,6,8H,3,5,7H2. The van der Waals surface area contributed by atoms with Crippen molar-refractivity contribution in [2.24, 2.45) is 10.9 Å². The van der Waals surface area contributed by atoms with Crippen molar-refractivity contribution in [1.29, 1.82) is 0 Å². The maximum atomic E-state index is 4.43. The van der Waals surface area contributed by atoms with Gasteiger partial charge in [-0.1, -0.05) is 18.2 Å². The molecule has 2 aliphatic rings. The van der Waals surface area contributed by atoms with Gasteiger partial charge in [0.1, 0.15) is 0 Å². The molecule has 1 unspecified atom stereocenters. The molecule has 0 aromatic rings. The summed E-state index contributed by atoms with van der Waals surface area (Å²) >= 11 is 0. The fraction of sp³-hybridized carbons (Fsp3) is 0.444. The van der Waals surface area contributed by atoms with Crippen molar-refractivity contribution in [3.8, 4) is 0 Å². The van der Waals surface area contributed by atoms with Crippen molar-refractivity contribution in [2.45, 2.75) is 12.8 Å². The molecule has 0 saturated heterocycles. The monoisotopic (exact) mass is 133 g/mol. The molecular formula is C9H11N. The zero-order chi connectivity index (χ0) is 6.81. The Morgan fingerprint density at radius 2 is 2.40 bits per heavy atom. The van der Waals surface area contributed by atoms with Crippen LogP contribution in [0.15, 0.2) is 29.3 Å². The number of hydrogen-bond donors (Lipinski definition) is 0. The third kappa shape index (κ3) is 0.919. The average molecular weight is 133 g/mol. The van der Waals surface area contributed by atoms with Crippen LogP contribution in [0.25, 0.3) is 0 Å². The molecule has 0 fully saturated rings. The highest BCUT2D eigenvalue weighted by Crippen LogP contribution is 2.19. The van der Waals surface area contributed by atoms with Crippen molar-refractivity contribution in [3.05, 3.63) is 24.3 Å². The average Bonchev–Trinajstić information content (AvgIpc) is 2.05. The zero-order valence-electron chi connectivity index (χ0n) is 5.96. The first-order valence-corrected chi connectivity index (χ1v) is 3.86. The fourth-order valence-corrected chi connectivity index (χ4v) is 1.51. The van der Waals surface area contributed by atoms with Crippen LogP contribution in [0.2, 0.25) is 0 Å². The molecule has 0 aromatic heterocycles. The number of hydrogen-bond acceptors (Lipinski definition) is 1. The molecule has 1 nitrogen and oxygen atoms in total. The third-order valence-corrected chi connectivity index (χ3v) is 2.07. The van der Waals surface area contributed by atoms with Gasteiger partial charge in [0.05, 0.1) is 0 Å². The van der Waals surface area contributed by atoms with Gasteiger partial charge in [-0.25, -0.2) is 0 Å². The number of allylic oxidation sites excluding steroid dienone is 4. The summed E-state index contributed by atoms with van der Waals surface area (Å²) in [5.74, 6) is 0.638. The van der Waals surface area contributed by atoms with Crippen LogP contribution in [0.1, 0.15) is 12.8 Å². The Morgan fingerprint density at radius 3 is 3.30 bits per heavy atom. The van der Waals surface area contributed by atoms with Gasteiger partial charge in [0.25, 0.3) is 0 Å². The summed E-state index contributed by atoms with van der Waals surface area (Å²) in [6.07, 6.45) is 11.1. The second kappa shape index (κ2) is 2.41. The lowest BCUT2D eigenvalue weighted by Gasteiger charge is -2.19. The Hall–Kier alpha value is -0.850. The van der Waals surface area contributed by atoms with Gasteiger partial charge in [0.2, 0.25) is 0 Å². The van der Waals surface area contributed by atoms with E-state index in [0.717, 1.165) is 6.54 Å². The molecule has 1 heterocycles. The molecule has 1 atom stereocenters. The van der Waals surface area contributed by atoms with E-state index < -0.39 is 0 Å². The van der Waals surface area contributed by atoms with Crippen LogP contribution in [-0.2, 0) is 0 Å². The van der Waals surface area contributed by atoms with Crippen LogP contribution in [-0.4, -0.2) is 12.3 Å². The minimum Gasteiger partial charge on any atom is -0.289 e. The highest BCUT2D eigenvalue weighted by molar-refractivity contribution is 5.99. The first-order valence-electron chi connectivity index (χ1n) is 3.86. The van der Waals surface area contributed by atoms with Crippen molar-refractivity contribution < 1.29 is 0 Å². The molecule has 0 radical (unpaired) electrons. The number of fused-ring (bicyclic) bond motifs is 1. The second-order valence-electron chi connectivity index (χ2n) is 2.80. The summed E-state index contributed by atoms with van der Waals surface area (Å²) in [7, 11) is 0. The molecule has 0 bridgehead atoms. The van der Waals surface area contributed by atoms with Crippen molar-refractivity contribution >= 4 is 5.71 Å². The third-order valence-electron chi connectivity index (χ3n) is 2.07. The van der Waals surface area contributed by atoms with Crippen molar-refractivity contribution in [3.63, 3.8) is 0 Å². The minimum absolute atomic E-state index is 0.638. The smallest absolute Gasteiger partial charge is 0.0416 e. The lowest BCUT2D eigenvalue weighted by Crippen LogP contribution is -2.17. The molecule has 0 saturated carbocycles. The van der Waals surface area contributed by atoms with Gasteiger partial charge in [0, 0.05) is 18.2 Å². The van der Waals surface area contributed by atoms with Gasteiger partial charge in [-0.2, -0.15) is 0 Å². The summed E-state index contributed by atoms with van der Waals surface area (Å²) in [5, 5.41) is 0. The Balaban J connectivity index is 2.27. The van der Waals surface area contributed by atoms with E-state index >= 15 is 0 Å². The topological polar surface area (TPSA) is 12.4 Å². The number of nitrogens with zero attached hydrogens (tertiary/aromatic N) is 1. The summed E-state index contributed by atoms with van der Waals surface area (Å²) in [6, 6.07) is 0. The predicted molar refractivity (Wildman–Crippen MR) is 43.3 cm³/mol. The van der Waals surface area contributed by atoms with E-state index in [2.05, 4.69) is 29.3 Å². The molecule has 1 heteroatoms. The van der Waals surface area contributed by atoms with Gasteiger partial charge in [-0.3, -0.25) is 4.99 Å². The van der Waals surface area contributed by atoms with Gasteiger partial charge < -0.3 is 0 Å².